The Morgan fingerprint density at radius 1 is 1.71 bits per heavy atom. The largest absolute Gasteiger partial charge is 0.110 e. The zero-order chi connectivity index (χ0) is 5.70. The van der Waals surface area contributed by atoms with E-state index in [9.17, 15) is 0 Å². The zero-order valence-corrected chi connectivity index (χ0v) is 6.22. The lowest BCUT2D eigenvalue weighted by Crippen LogP contribution is -1.65. The Hall–Kier alpha value is 0.170. The van der Waals surface area contributed by atoms with E-state index in [2.05, 4.69) is 29.2 Å². The van der Waals surface area contributed by atoms with Crippen LogP contribution in [0, 0.1) is 0 Å². The van der Waals surface area contributed by atoms with Crippen LogP contribution in [-0.4, -0.2) is 0 Å². The van der Waals surface area contributed by atoms with Crippen molar-refractivity contribution in [1.82, 2.24) is 0 Å². The second kappa shape index (κ2) is 4.33. The fraction of sp³-hybridized carbons (Fsp3) is 0.667. The molecule has 0 saturated heterocycles. The van der Waals surface area contributed by atoms with Gasteiger partial charge in [0.2, 0.25) is 0 Å². The molecule has 42 valence electrons. The highest BCUT2D eigenvalue weighted by Crippen LogP contribution is 2.10. The van der Waals surface area contributed by atoms with E-state index in [0.717, 1.165) is 0 Å². The minimum absolute atomic E-state index is 1.22. The van der Waals surface area contributed by atoms with Gasteiger partial charge in [0.05, 0.1) is 0 Å². The Kier molecular flexibility index (Phi) is 4.44. The molecule has 0 aromatic rings. The van der Waals surface area contributed by atoms with Crippen LogP contribution < -0.4 is 0 Å². The molecule has 0 heterocycles. The topological polar surface area (TPSA) is 0 Å². The average Bonchev–Trinajstić information content (AvgIpc) is 1.68. The van der Waals surface area contributed by atoms with E-state index in [1.54, 1.807) is 0 Å². The van der Waals surface area contributed by atoms with E-state index in [1.165, 1.54) is 18.2 Å². The van der Waals surface area contributed by atoms with Crippen molar-refractivity contribution in [3.05, 3.63) is 11.4 Å². The molecular formula is C6H13P. The summed E-state index contributed by atoms with van der Waals surface area (Å²) >= 11 is 0. The molecular weight excluding hydrogens is 103 g/mol. The van der Waals surface area contributed by atoms with Gasteiger partial charge in [0, 0.05) is 0 Å². The van der Waals surface area contributed by atoms with Crippen LogP contribution in [0.2, 0.25) is 0 Å². The van der Waals surface area contributed by atoms with Crippen LogP contribution in [0.4, 0.5) is 0 Å². The van der Waals surface area contributed by atoms with Crippen molar-refractivity contribution in [2.45, 2.75) is 26.7 Å². The first-order valence-electron chi connectivity index (χ1n) is 2.72. The maximum atomic E-state index is 2.72. The van der Waals surface area contributed by atoms with Crippen molar-refractivity contribution in [1.29, 1.82) is 0 Å². The Morgan fingerprint density at radius 3 is 2.43 bits per heavy atom. The fourth-order valence-electron chi connectivity index (χ4n) is 0.433. The summed E-state index contributed by atoms with van der Waals surface area (Å²) in [6.07, 6.45) is 4.61. The summed E-state index contributed by atoms with van der Waals surface area (Å²) in [6, 6.07) is 0. The SMILES string of the molecule is CC=C(P)CCC. The summed E-state index contributed by atoms with van der Waals surface area (Å²) in [5, 5.41) is 1.42. The summed E-state index contributed by atoms with van der Waals surface area (Å²) in [5.41, 5.74) is 0. The number of allylic oxidation sites excluding steroid dienone is 2. The monoisotopic (exact) mass is 116 g/mol. The predicted molar refractivity (Wildman–Crippen MR) is 38.4 cm³/mol. The van der Waals surface area contributed by atoms with Crippen molar-refractivity contribution in [2.24, 2.45) is 0 Å². The van der Waals surface area contributed by atoms with Crippen LogP contribution in [0.25, 0.3) is 0 Å². The van der Waals surface area contributed by atoms with Crippen LogP contribution in [0.15, 0.2) is 11.4 Å². The average molecular weight is 116 g/mol. The van der Waals surface area contributed by atoms with E-state index < -0.39 is 0 Å². The molecule has 0 N–H and O–H groups in total. The van der Waals surface area contributed by atoms with Gasteiger partial charge in [-0.25, -0.2) is 0 Å². The molecule has 0 nitrogen and oxygen atoms in total. The summed E-state index contributed by atoms with van der Waals surface area (Å²) in [7, 11) is 2.72. The highest BCUT2D eigenvalue weighted by molar-refractivity contribution is 7.22. The molecule has 0 aromatic carbocycles. The summed E-state index contributed by atoms with van der Waals surface area (Å²) in [6.45, 7) is 4.26. The minimum atomic E-state index is 1.22. The first kappa shape index (κ1) is 7.17. The van der Waals surface area contributed by atoms with Crippen molar-refractivity contribution < 1.29 is 0 Å². The lowest BCUT2D eigenvalue weighted by atomic mass is 10.3. The van der Waals surface area contributed by atoms with Crippen molar-refractivity contribution in [3.8, 4) is 0 Å². The zero-order valence-electron chi connectivity index (χ0n) is 5.07. The van der Waals surface area contributed by atoms with Gasteiger partial charge in [0.1, 0.15) is 0 Å². The molecule has 0 aliphatic heterocycles. The van der Waals surface area contributed by atoms with Gasteiger partial charge in [0.15, 0.2) is 0 Å². The highest BCUT2D eigenvalue weighted by atomic mass is 31.0. The van der Waals surface area contributed by atoms with Gasteiger partial charge in [-0.1, -0.05) is 24.7 Å². The van der Waals surface area contributed by atoms with E-state index in [1.807, 2.05) is 0 Å². The fourth-order valence-corrected chi connectivity index (χ4v) is 0.722. The van der Waals surface area contributed by atoms with Crippen LogP contribution in [0.1, 0.15) is 26.7 Å². The Balaban J connectivity index is 3.17. The Bertz CT molecular complexity index is 64.6. The minimum Gasteiger partial charge on any atom is -0.110 e. The van der Waals surface area contributed by atoms with E-state index in [4.69, 9.17) is 0 Å². The second-order valence-electron chi connectivity index (χ2n) is 1.61. The summed E-state index contributed by atoms with van der Waals surface area (Å²) in [4.78, 5) is 0. The van der Waals surface area contributed by atoms with Gasteiger partial charge in [0.25, 0.3) is 0 Å². The van der Waals surface area contributed by atoms with Crippen molar-refractivity contribution in [2.75, 3.05) is 0 Å². The van der Waals surface area contributed by atoms with Gasteiger partial charge in [-0.15, -0.1) is 9.24 Å². The predicted octanol–water partition coefficient (Wildman–Crippen LogP) is 2.57. The third-order valence-electron chi connectivity index (χ3n) is 0.909. The number of hydrogen-bond donors (Lipinski definition) is 0. The second-order valence-corrected chi connectivity index (χ2v) is 2.36. The summed E-state index contributed by atoms with van der Waals surface area (Å²) < 4.78 is 0. The highest BCUT2D eigenvalue weighted by Gasteiger charge is 1.80. The molecule has 0 radical (unpaired) electrons. The van der Waals surface area contributed by atoms with Crippen LogP contribution >= 0.6 is 9.24 Å². The smallest absolute Gasteiger partial charge is 0.0286 e. The quantitative estimate of drug-likeness (QED) is 0.486. The number of hydrogen-bond acceptors (Lipinski definition) is 0. The molecule has 0 aliphatic rings. The van der Waals surface area contributed by atoms with Gasteiger partial charge in [-0.2, -0.15) is 0 Å². The standard InChI is InChI=1S/C6H13P/c1-3-5-6(7)4-2/h4H,3,5,7H2,1-2H3. The third kappa shape index (κ3) is 4.01. The molecule has 0 fully saturated rings. The van der Waals surface area contributed by atoms with E-state index in [0.29, 0.717) is 0 Å². The molecule has 1 unspecified atom stereocenters. The molecule has 0 bridgehead atoms. The molecule has 7 heavy (non-hydrogen) atoms. The van der Waals surface area contributed by atoms with Gasteiger partial charge in [-0.3, -0.25) is 0 Å². The molecule has 0 rings (SSSR count). The molecule has 1 heteroatoms. The van der Waals surface area contributed by atoms with Gasteiger partial charge in [-0.05, 0) is 13.3 Å². The molecule has 0 amide bonds. The maximum absolute atomic E-state index is 2.72. The molecule has 0 aliphatic carbocycles. The first-order valence-corrected chi connectivity index (χ1v) is 3.29. The van der Waals surface area contributed by atoms with Crippen LogP contribution in [0.5, 0.6) is 0 Å². The van der Waals surface area contributed by atoms with E-state index in [-0.39, 0.29) is 0 Å². The molecule has 0 spiro atoms. The first-order chi connectivity index (χ1) is 3.31. The van der Waals surface area contributed by atoms with E-state index >= 15 is 0 Å². The summed E-state index contributed by atoms with van der Waals surface area (Å²) in [5.74, 6) is 0. The third-order valence-corrected chi connectivity index (χ3v) is 1.53. The lowest BCUT2D eigenvalue weighted by molar-refractivity contribution is 0.945. The van der Waals surface area contributed by atoms with Crippen LogP contribution in [-0.2, 0) is 0 Å². The van der Waals surface area contributed by atoms with Gasteiger partial charge >= 0.3 is 0 Å². The molecule has 0 saturated carbocycles. The molecule has 0 aromatic heterocycles. The molecule has 1 atom stereocenters. The Morgan fingerprint density at radius 2 is 2.29 bits per heavy atom. The van der Waals surface area contributed by atoms with Crippen LogP contribution in [0.3, 0.4) is 0 Å². The van der Waals surface area contributed by atoms with Crippen molar-refractivity contribution in [3.63, 3.8) is 0 Å². The lowest BCUT2D eigenvalue weighted by Gasteiger charge is -1.90. The number of rotatable bonds is 2. The maximum Gasteiger partial charge on any atom is -0.0286 e. The Labute approximate surface area is 48.2 Å². The normalized spacial score (nSPS) is 12.1. The van der Waals surface area contributed by atoms with Gasteiger partial charge < -0.3 is 0 Å². The van der Waals surface area contributed by atoms with Crippen molar-refractivity contribution >= 4 is 9.24 Å².